The van der Waals surface area contributed by atoms with Crippen molar-refractivity contribution in [2.24, 2.45) is 5.92 Å². The summed E-state index contributed by atoms with van der Waals surface area (Å²) in [5.41, 5.74) is 0.185. The molecule has 2 N–H and O–H groups in total. The van der Waals surface area contributed by atoms with E-state index >= 15 is 0 Å². The molecule has 118 valence electrons. The Kier molecular flexibility index (Phi) is 5.02. The number of nitrogens with zero attached hydrogens (tertiary/aromatic N) is 1. The van der Waals surface area contributed by atoms with Gasteiger partial charge in [-0.15, -0.1) is 0 Å². The Morgan fingerprint density at radius 1 is 1.52 bits per heavy atom. The van der Waals surface area contributed by atoms with E-state index in [1.165, 1.54) is 17.5 Å². The van der Waals surface area contributed by atoms with Gasteiger partial charge in [-0.25, -0.2) is 4.39 Å². The van der Waals surface area contributed by atoms with E-state index in [9.17, 15) is 17.9 Å². The second-order valence-corrected chi connectivity index (χ2v) is 6.67. The van der Waals surface area contributed by atoms with E-state index < -0.39 is 16.0 Å². The minimum absolute atomic E-state index is 0.0358. The number of nitrogens with one attached hydrogen (secondary N) is 1. The van der Waals surface area contributed by atoms with Gasteiger partial charge in [0.1, 0.15) is 11.6 Å². The average molecular weight is 318 g/mol. The third-order valence-electron chi connectivity index (χ3n) is 3.48. The van der Waals surface area contributed by atoms with Gasteiger partial charge in [0, 0.05) is 25.8 Å². The summed E-state index contributed by atoms with van der Waals surface area (Å²) >= 11 is 0. The first kappa shape index (κ1) is 16.0. The predicted octanol–water partition coefficient (Wildman–Crippen LogP) is 1.20. The Bertz CT molecular complexity index is 594. The van der Waals surface area contributed by atoms with Crippen LogP contribution < -0.4 is 9.46 Å². The summed E-state index contributed by atoms with van der Waals surface area (Å²) in [6.45, 7) is 0.635. The van der Waals surface area contributed by atoms with Gasteiger partial charge in [-0.2, -0.15) is 12.7 Å². The number of methoxy groups -OCH3 is 1. The molecular formula is C13H19FN2O4S. The highest BCUT2D eigenvalue weighted by Gasteiger charge is 2.29. The first-order valence-electron chi connectivity index (χ1n) is 6.68. The van der Waals surface area contributed by atoms with Crippen molar-refractivity contribution >= 4 is 15.9 Å². The molecule has 1 fully saturated rings. The Morgan fingerprint density at radius 2 is 2.29 bits per heavy atom. The lowest BCUT2D eigenvalue weighted by molar-refractivity contribution is 0.166. The average Bonchev–Trinajstić information content (AvgIpc) is 2.49. The van der Waals surface area contributed by atoms with Crippen molar-refractivity contribution in [3.63, 3.8) is 0 Å². The zero-order chi connectivity index (χ0) is 15.5. The van der Waals surface area contributed by atoms with Crippen LogP contribution in [0.3, 0.4) is 0 Å². The predicted molar refractivity (Wildman–Crippen MR) is 76.9 cm³/mol. The Morgan fingerprint density at radius 3 is 2.95 bits per heavy atom. The van der Waals surface area contributed by atoms with Crippen LogP contribution in [-0.4, -0.2) is 44.6 Å². The minimum atomic E-state index is -3.76. The summed E-state index contributed by atoms with van der Waals surface area (Å²) in [7, 11) is -2.41. The molecule has 1 aromatic carbocycles. The van der Waals surface area contributed by atoms with Crippen molar-refractivity contribution in [1.82, 2.24) is 4.31 Å². The molecule has 1 atom stereocenters. The van der Waals surface area contributed by atoms with Gasteiger partial charge < -0.3 is 9.84 Å². The number of piperidine rings is 1. The maximum atomic E-state index is 13.1. The molecule has 21 heavy (non-hydrogen) atoms. The summed E-state index contributed by atoms with van der Waals surface area (Å²) in [4.78, 5) is 0. The van der Waals surface area contributed by atoms with Crippen LogP contribution in [0.5, 0.6) is 5.75 Å². The molecule has 0 aromatic heterocycles. The number of ether oxygens (including phenoxy) is 1. The fraction of sp³-hybridized carbons (Fsp3) is 0.538. The van der Waals surface area contributed by atoms with Crippen molar-refractivity contribution < 1.29 is 22.7 Å². The normalized spacial score (nSPS) is 20.2. The number of rotatable bonds is 5. The zero-order valence-electron chi connectivity index (χ0n) is 11.8. The lowest BCUT2D eigenvalue weighted by Gasteiger charge is -2.31. The van der Waals surface area contributed by atoms with Gasteiger partial charge in [-0.05, 0) is 30.9 Å². The van der Waals surface area contributed by atoms with Gasteiger partial charge in [0.2, 0.25) is 0 Å². The van der Waals surface area contributed by atoms with Gasteiger partial charge in [-0.3, -0.25) is 4.72 Å². The highest BCUT2D eigenvalue weighted by atomic mass is 32.2. The van der Waals surface area contributed by atoms with E-state index in [0.29, 0.717) is 13.0 Å². The molecule has 1 unspecified atom stereocenters. The van der Waals surface area contributed by atoms with Crippen LogP contribution in [0, 0.1) is 11.7 Å². The van der Waals surface area contributed by atoms with Gasteiger partial charge in [-0.1, -0.05) is 0 Å². The quantitative estimate of drug-likeness (QED) is 0.855. The number of aliphatic hydroxyl groups is 1. The van der Waals surface area contributed by atoms with Crippen LogP contribution in [-0.2, 0) is 10.2 Å². The highest BCUT2D eigenvalue weighted by molar-refractivity contribution is 7.90. The minimum Gasteiger partial charge on any atom is -0.494 e. The molecule has 0 amide bonds. The molecule has 1 aliphatic rings. The van der Waals surface area contributed by atoms with Crippen molar-refractivity contribution in [3.05, 3.63) is 24.0 Å². The number of halogens is 1. The largest absolute Gasteiger partial charge is 0.494 e. The summed E-state index contributed by atoms with van der Waals surface area (Å²) in [5, 5.41) is 9.17. The molecule has 0 saturated carbocycles. The topological polar surface area (TPSA) is 78.9 Å². The molecule has 1 aliphatic heterocycles. The van der Waals surface area contributed by atoms with Crippen LogP contribution in [0.25, 0.3) is 0 Å². The molecular weight excluding hydrogens is 299 g/mol. The van der Waals surface area contributed by atoms with Gasteiger partial charge >= 0.3 is 10.2 Å². The summed E-state index contributed by atoms with van der Waals surface area (Å²) in [6.07, 6.45) is 1.51. The second kappa shape index (κ2) is 6.59. The molecule has 0 spiro atoms. The molecule has 1 aromatic rings. The van der Waals surface area contributed by atoms with E-state index in [-0.39, 0.29) is 30.5 Å². The van der Waals surface area contributed by atoms with Crippen LogP contribution in [0.15, 0.2) is 18.2 Å². The number of hydrogen-bond acceptors (Lipinski definition) is 4. The summed E-state index contributed by atoms with van der Waals surface area (Å²) in [5.74, 6) is -0.437. The SMILES string of the molecule is COc1cc(F)ccc1NS(=O)(=O)N1CCCC(CO)C1. The zero-order valence-corrected chi connectivity index (χ0v) is 12.6. The maximum Gasteiger partial charge on any atom is 0.301 e. The molecule has 1 heterocycles. The monoisotopic (exact) mass is 318 g/mol. The highest BCUT2D eigenvalue weighted by Crippen LogP contribution is 2.27. The molecule has 0 bridgehead atoms. The van der Waals surface area contributed by atoms with Crippen LogP contribution in [0.2, 0.25) is 0 Å². The van der Waals surface area contributed by atoms with E-state index in [2.05, 4.69) is 4.72 Å². The van der Waals surface area contributed by atoms with Gasteiger partial charge in [0.15, 0.2) is 0 Å². The first-order valence-corrected chi connectivity index (χ1v) is 8.12. The van der Waals surface area contributed by atoms with Crippen LogP contribution in [0.1, 0.15) is 12.8 Å². The summed E-state index contributed by atoms with van der Waals surface area (Å²) in [6, 6.07) is 3.59. The van der Waals surface area contributed by atoms with Crippen LogP contribution >= 0.6 is 0 Å². The smallest absolute Gasteiger partial charge is 0.301 e. The van der Waals surface area contributed by atoms with Crippen molar-refractivity contribution in [1.29, 1.82) is 0 Å². The van der Waals surface area contributed by atoms with Gasteiger partial charge in [0.05, 0.1) is 12.8 Å². The second-order valence-electron chi connectivity index (χ2n) is 5.00. The lowest BCUT2D eigenvalue weighted by atomic mass is 10.0. The molecule has 8 heteroatoms. The number of anilines is 1. The molecule has 2 rings (SSSR count). The van der Waals surface area contributed by atoms with E-state index in [1.54, 1.807) is 0 Å². The molecule has 0 radical (unpaired) electrons. The third kappa shape index (κ3) is 3.84. The standard InChI is InChI=1S/C13H19FN2O4S/c1-20-13-7-11(14)4-5-12(13)15-21(18,19)16-6-2-3-10(8-16)9-17/h4-5,7,10,15,17H,2-3,6,8-9H2,1H3. The van der Waals surface area contributed by atoms with Gasteiger partial charge in [0.25, 0.3) is 0 Å². The fourth-order valence-corrected chi connectivity index (χ4v) is 3.70. The van der Waals surface area contributed by atoms with E-state index in [1.807, 2.05) is 0 Å². The number of aliphatic hydroxyl groups excluding tert-OH is 1. The fourth-order valence-electron chi connectivity index (χ4n) is 2.35. The van der Waals surface area contributed by atoms with Crippen molar-refractivity contribution in [2.45, 2.75) is 12.8 Å². The summed E-state index contributed by atoms with van der Waals surface area (Å²) < 4.78 is 46.5. The Hall–Kier alpha value is -1.38. The van der Waals surface area contributed by atoms with E-state index in [4.69, 9.17) is 4.74 Å². The molecule has 0 aliphatic carbocycles. The lowest BCUT2D eigenvalue weighted by Crippen LogP contribution is -2.43. The van der Waals surface area contributed by atoms with Crippen molar-refractivity contribution in [2.75, 3.05) is 31.5 Å². The molecule has 6 nitrogen and oxygen atoms in total. The third-order valence-corrected chi connectivity index (χ3v) is 4.97. The maximum absolute atomic E-state index is 13.1. The number of benzene rings is 1. The first-order chi connectivity index (χ1) is 9.96. The van der Waals surface area contributed by atoms with Crippen molar-refractivity contribution in [3.8, 4) is 5.75 Å². The number of hydrogen-bond donors (Lipinski definition) is 2. The van der Waals surface area contributed by atoms with Crippen LogP contribution in [0.4, 0.5) is 10.1 Å². The Labute approximate surface area is 123 Å². The molecule has 1 saturated heterocycles. The van der Waals surface area contributed by atoms with E-state index in [0.717, 1.165) is 18.6 Å². The Balaban J connectivity index is 2.17.